The minimum Gasteiger partial charge on any atom is -0.311 e. The second-order valence-corrected chi connectivity index (χ2v) is 5.19. The van der Waals surface area contributed by atoms with E-state index in [1.54, 1.807) is 0 Å². The van der Waals surface area contributed by atoms with Crippen molar-refractivity contribution in [2.75, 3.05) is 6.54 Å². The van der Waals surface area contributed by atoms with Crippen molar-refractivity contribution in [2.24, 2.45) is 0 Å². The Hall–Kier alpha value is -1.03. The predicted octanol–water partition coefficient (Wildman–Crippen LogP) is 3.31. The fourth-order valence-electron chi connectivity index (χ4n) is 2.69. The fourth-order valence-corrected chi connectivity index (χ4v) is 2.69. The van der Waals surface area contributed by atoms with Crippen molar-refractivity contribution in [3.05, 3.63) is 35.4 Å². The Morgan fingerprint density at radius 2 is 2.00 bits per heavy atom. The first-order valence-corrected chi connectivity index (χ1v) is 5.91. The third-order valence-electron chi connectivity index (χ3n) is 3.90. The Morgan fingerprint density at radius 3 is 2.59 bits per heavy atom. The first kappa shape index (κ1) is 11.1. The number of rotatable bonds is 1. The first-order chi connectivity index (χ1) is 7.99. The number of halogens is 3. The predicted molar refractivity (Wildman–Crippen MR) is 58.8 cm³/mol. The van der Waals surface area contributed by atoms with Gasteiger partial charge in [-0.15, -0.1) is 0 Å². The van der Waals surface area contributed by atoms with Gasteiger partial charge < -0.3 is 5.32 Å². The average Bonchev–Trinajstić information content (AvgIpc) is 2.88. The molecule has 1 aliphatic heterocycles. The Kier molecular flexibility index (Phi) is 2.27. The van der Waals surface area contributed by atoms with E-state index in [0.717, 1.165) is 24.6 Å². The van der Waals surface area contributed by atoms with Gasteiger partial charge in [0.2, 0.25) is 0 Å². The SMILES string of the molecule is FC(F)(F)c1cccc(C2CNC3(CC3)C2)c1. The number of nitrogens with one attached hydrogen (secondary N) is 1. The summed E-state index contributed by atoms with van der Waals surface area (Å²) < 4.78 is 37.8. The second-order valence-electron chi connectivity index (χ2n) is 5.19. The van der Waals surface area contributed by atoms with Gasteiger partial charge in [0.15, 0.2) is 0 Å². The van der Waals surface area contributed by atoms with E-state index in [-0.39, 0.29) is 11.5 Å². The molecule has 1 aromatic carbocycles. The number of benzene rings is 1. The maximum absolute atomic E-state index is 12.6. The Labute approximate surface area is 98.0 Å². The van der Waals surface area contributed by atoms with Crippen LogP contribution in [0.5, 0.6) is 0 Å². The van der Waals surface area contributed by atoms with Crippen molar-refractivity contribution in [3.8, 4) is 0 Å². The lowest BCUT2D eigenvalue weighted by Crippen LogP contribution is -2.22. The topological polar surface area (TPSA) is 12.0 Å². The lowest BCUT2D eigenvalue weighted by atomic mass is 9.94. The van der Waals surface area contributed by atoms with Crippen LogP contribution in [0.3, 0.4) is 0 Å². The van der Waals surface area contributed by atoms with Crippen molar-refractivity contribution in [2.45, 2.75) is 36.9 Å². The first-order valence-electron chi connectivity index (χ1n) is 5.91. The number of hydrogen-bond acceptors (Lipinski definition) is 1. The van der Waals surface area contributed by atoms with E-state index in [1.165, 1.54) is 25.0 Å². The summed E-state index contributed by atoms with van der Waals surface area (Å²) in [6.07, 6.45) is -0.918. The summed E-state index contributed by atoms with van der Waals surface area (Å²) in [5.74, 6) is 0.236. The molecule has 2 aliphatic rings. The highest BCUT2D eigenvalue weighted by Gasteiger charge is 2.48. The van der Waals surface area contributed by atoms with Crippen molar-refractivity contribution in [3.63, 3.8) is 0 Å². The third kappa shape index (κ3) is 2.06. The molecule has 1 aliphatic carbocycles. The summed E-state index contributed by atoms with van der Waals surface area (Å²) in [6, 6.07) is 5.76. The molecule has 1 atom stereocenters. The van der Waals surface area contributed by atoms with E-state index in [2.05, 4.69) is 5.32 Å². The molecule has 92 valence electrons. The van der Waals surface area contributed by atoms with Crippen molar-refractivity contribution >= 4 is 0 Å². The Bertz CT molecular complexity index is 435. The highest BCUT2D eigenvalue weighted by molar-refractivity contribution is 5.31. The maximum atomic E-state index is 12.6. The van der Waals surface area contributed by atoms with E-state index in [0.29, 0.717) is 0 Å². The smallest absolute Gasteiger partial charge is 0.311 e. The van der Waals surface area contributed by atoms with E-state index in [4.69, 9.17) is 0 Å². The normalized spacial score (nSPS) is 26.4. The van der Waals surface area contributed by atoms with Crippen LogP contribution in [0.15, 0.2) is 24.3 Å². The number of hydrogen-bond donors (Lipinski definition) is 1. The third-order valence-corrected chi connectivity index (χ3v) is 3.90. The summed E-state index contributed by atoms with van der Waals surface area (Å²) in [4.78, 5) is 0. The molecule has 1 saturated carbocycles. The molecule has 0 radical (unpaired) electrons. The highest BCUT2D eigenvalue weighted by Crippen LogP contribution is 2.47. The van der Waals surface area contributed by atoms with Gasteiger partial charge in [0.1, 0.15) is 0 Å². The van der Waals surface area contributed by atoms with E-state index >= 15 is 0 Å². The van der Waals surface area contributed by atoms with Gasteiger partial charge in [-0.1, -0.05) is 18.2 Å². The van der Waals surface area contributed by atoms with Gasteiger partial charge in [-0.3, -0.25) is 0 Å². The van der Waals surface area contributed by atoms with Crippen molar-refractivity contribution in [1.82, 2.24) is 5.32 Å². The molecule has 3 rings (SSSR count). The fraction of sp³-hybridized carbons (Fsp3) is 0.538. The largest absolute Gasteiger partial charge is 0.416 e. The molecule has 1 saturated heterocycles. The van der Waals surface area contributed by atoms with E-state index in [1.807, 2.05) is 6.07 Å². The molecular weight excluding hydrogens is 227 g/mol. The van der Waals surface area contributed by atoms with Crippen LogP contribution in [0.1, 0.15) is 36.3 Å². The molecule has 1 N–H and O–H groups in total. The van der Waals surface area contributed by atoms with Crippen LogP contribution < -0.4 is 5.32 Å². The monoisotopic (exact) mass is 241 g/mol. The molecule has 17 heavy (non-hydrogen) atoms. The van der Waals surface area contributed by atoms with Crippen LogP contribution in [0.4, 0.5) is 13.2 Å². The molecule has 2 fully saturated rings. The molecule has 1 unspecified atom stereocenters. The zero-order valence-corrected chi connectivity index (χ0v) is 9.35. The van der Waals surface area contributed by atoms with Crippen molar-refractivity contribution < 1.29 is 13.2 Å². The average molecular weight is 241 g/mol. The molecular formula is C13H14F3N. The molecule has 1 nitrogen and oxygen atoms in total. The van der Waals surface area contributed by atoms with E-state index in [9.17, 15) is 13.2 Å². The summed E-state index contributed by atoms with van der Waals surface area (Å²) >= 11 is 0. The van der Waals surface area contributed by atoms with Gasteiger partial charge >= 0.3 is 6.18 Å². The zero-order chi connectivity index (χ0) is 12.1. The molecule has 1 spiro atoms. The molecule has 0 aromatic heterocycles. The van der Waals surface area contributed by atoms with Gasteiger partial charge in [0.25, 0.3) is 0 Å². The van der Waals surface area contributed by atoms with Gasteiger partial charge in [-0.25, -0.2) is 0 Å². The molecule has 0 bridgehead atoms. The minimum atomic E-state index is -4.24. The van der Waals surface area contributed by atoms with Crippen LogP contribution >= 0.6 is 0 Å². The minimum absolute atomic E-state index is 0.236. The highest BCUT2D eigenvalue weighted by atomic mass is 19.4. The second kappa shape index (κ2) is 3.48. The standard InChI is InChI=1S/C13H14F3N/c14-13(15,16)11-3-1-2-9(6-11)10-7-12(4-5-12)17-8-10/h1-3,6,10,17H,4-5,7-8H2. The van der Waals surface area contributed by atoms with Crippen LogP contribution in [-0.4, -0.2) is 12.1 Å². The lowest BCUT2D eigenvalue weighted by Gasteiger charge is -2.13. The van der Waals surface area contributed by atoms with Gasteiger partial charge in [0.05, 0.1) is 5.56 Å². The van der Waals surface area contributed by atoms with Gasteiger partial charge in [-0.05, 0) is 36.8 Å². The zero-order valence-electron chi connectivity index (χ0n) is 9.35. The quantitative estimate of drug-likeness (QED) is 0.795. The molecule has 1 heterocycles. The van der Waals surface area contributed by atoms with Gasteiger partial charge in [-0.2, -0.15) is 13.2 Å². The van der Waals surface area contributed by atoms with Crippen LogP contribution in [-0.2, 0) is 6.18 Å². The van der Waals surface area contributed by atoms with Crippen molar-refractivity contribution in [1.29, 1.82) is 0 Å². The Balaban J connectivity index is 1.84. The Morgan fingerprint density at radius 1 is 1.24 bits per heavy atom. The van der Waals surface area contributed by atoms with Gasteiger partial charge in [0, 0.05) is 12.1 Å². The summed E-state index contributed by atoms with van der Waals surface area (Å²) in [5, 5.41) is 3.43. The van der Waals surface area contributed by atoms with Crippen LogP contribution in [0.25, 0.3) is 0 Å². The summed E-state index contributed by atoms with van der Waals surface area (Å²) in [7, 11) is 0. The van der Waals surface area contributed by atoms with Crippen LogP contribution in [0.2, 0.25) is 0 Å². The summed E-state index contributed by atoms with van der Waals surface area (Å²) in [5.41, 5.74) is 0.543. The molecule has 4 heteroatoms. The van der Waals surface area contributed by atoms with Crippen LogP contribution in [0, 0.1) is 0 Å². The summed E-state index contributed by atoms with van der Waals surface area (Å²) in [6.45, 7) is 0.807. The number of alkyl halides is 3. The van der Waals surface area contributed by atoms with E-state index < -0.39 is 11.7 Å². The lowest BCUT2D eigenvalue weighted by molar-refractivity contribution is -0.137. The maximum Gasteiger partial charge on any atom is 0.416 e. The molecule has 1 aromatic rings. The molecule has 0 amide bonds.